The Balaban J connectivity index is 2.63. The first-order valence-corrected chi connectivity index (χ1v) is 5.04. The topological polar surface area (TPSA) is 59.4 Å². The molecule has 0 unspecified atom stereocenters. The van der Waals surface area contributed by atoms with Gasteiger partial charge in [-0.25, -0.2) is 4.79 Å². The summed E-state index contributed by atoms with van der Waals surface area (Å²) in [6.45, 7) is 0. The molecule has 1 aromatic heterocycles. The highest BCUT2D eigenvalue weighted by Gasteiger charge is 2.16. The number of hydrogen-bond acceptors (Lipinski definition) is 3. The molecule has 0 aliphatic heterocycles. The summed E-state index contributed by atoms with van der Waals surface area (Å²) in [7, 11) is 1.45. The Bertz CT molecular complexity index is 538. The summed E-state index contributed by atoms with van der Waals surface area (Å²) in [6, 6.07) is 9.41. The molecule has 1 N–H and O–H groups in total. The molecule has 86 valence electrons. The van der Waals surface area contributed by atoms with Gasteiger partial charge in [-0.3, -0.25) is 4.98 Å². The lowest BCUT2D eigenvalue weighted by atomic mass is 10.0. The summed E-state index contributed by atoms with van der Waals surface area (Å²) in [5.74, 6) is -0.717. The Morgan fingerprint density at radius 2 is 1.94 bits per heavy atom. The minimum atomic E-state index is -1.05. The quantitative estimate of drug-likeness (QED) is 0.878. The molecule has 0 aliphatic rings. The minimum Gasteiger partial charge on any atom is -0.495 e. The van der Waals surface area contributed by atoms with Gasteiger partial charge in [-0.1, -0.05) is 30.3 Å². The zero-order chi connectivity index (χ0) is 12.3. The molecule has 0 saturated carbocycles. The van der Waals surface area contributed by atoms with Gasteiger partial charge < -0.3 is 9.84 Å². The van der Waals surface area contributed by atoms with Crippen molar-refractivity contribution in [1.82, 2.24) is 4.98 Å². The molecule has 1 heterocycles. The maximum Gasteiger partial charge on any atom is 0.341 e. The molecule has 17 heavy (non-hydrogen) atoms. The second-order valence-corrected chi connectivity index (χ2v) is 3.44. The fourth-order valence-corrected chi connectivity index (χ4v) is 1.64. The maximum atomic E-state index is 11.0. The smallest absolute Gasteiger partial charge is 0.341 e. The van der Waals surface area contributed by atoms with Crippen LogP contribution in [0.1, 0.15) is 10.4 Å². The van der Waals surface area contributed by atoms with Crippen molar-refractivity contribution < 1.29 is 14.6 Å². The van der Waals surface area contributed by atoms with Gasteiger partial charge in [-0.15, -0.1) is 0 Å². The Kier molecular flexibility index (Phi) is 3.05. The molecular weight excluding hydrogens is 218 g/mol. The van der Waals surface area contributed by atoms with E-state index >= 15 is 0 Å². The van der Waals surface area contributed by atoms with E-state index in [2.05, 4.69) is 4.98 Å². The molecule has 4 heteroatoms. The van der Waals surface area contributed by atoms with E-state index in [4.69, 9.17) is 9.84 Å². The van der Waals surface area contributed by atoms with Crippen molar-refractivity contribution in [2.45, 2.75) is 0 Å². The molecular formula is C13H11NO3. The number of nitrogens with zero attached hydrogens (tertiary/aromatic N) is 1. The van der Waals surface area contributed by atoms with Crippen LogP contribution in [0.25, 0.3) is 11.1 Å². The van der Waals surface area contributed by atoms with Crippen molar-refractivity contribution in [3.63, 3.8) is 0 Å². The summed E-state index contributed by atoms with van der Waals surface area (Å²) in [4.78, 5) is 15.0. The highest BCUT2D eigenvalue weighted by molar-refractivity contribution is 5.93. The molecule has 0 bridgehead atoms. The van der Waals surface area contributed by atoms with E-state index in [1.54, 1.807) is 6.20 Å². The van der Waals surface area contributed by atoms with Crippen molar-refractivity contribution in [2.24, 2.45) is 0 Å². The Morgan fingerprint density at radius 3 is 2.53 bits per heavy atom. The van der Waals surface area contributed by atoms with Crippen molar-refractivity contribution in [3.05, 3.63) is 48.3 Å². The first-order valence-electron chi connectivity index (χ1n) is 5.04. The fourth-order valence-electron chi connectivity index (χ4n) is 1.64. The van der Waals surface area contributed by atoms with E-state index in [0.717, 1.165) is 5.56 Å². The SMILES string of the molecule is COc1c(C(=O)O)cncc1-c1ccccc1. The molecule has 0 atom stereocenters. The highest BCUT2D eigenvalue weighted by Crippen LogP contribution is 2.31. The van der Waals surface area contributed by atoms with Gasteiger partial charge in [0, 0.05) is 18.0 Å². The number of aromatic nitrogens is 1. The van der Waals surface area contributed by atoms with E-state index in [9.17, 15) is 4.79 Å². The summed E-state index contributed by atoms with van der Waals surface area (Å²) in [5.41, 5.74) is 1.61. The molecule has 4 nitrogen and oxygen atoms in total. The van der Waals surface area contributed by atoms with Gasteiger partial charge >= 0.3 is 5.97 Å². The number of ether oxygens (including phenoxy) is 1. The lowest BCUT2D eigenvalue weighted by Crippen LogP contribution is -2.02. The molecule has 0 radical (unpaired) electrons. The molecule has 0 aliphatic carbocycles. The number of benzene rings is 1. The monoisotopic (exact) mass is 229 g/mol. The number of carboxylic acids is 1. The van der Waals surface area contributed by atoms with Crippen LogP contribution in [0.3, 0.4) is 0 Å². The summed E-state index contributed by atoms with van der Waals surface area (Å²) in [5, 5.41) is 9.05. The molecule has 1 aromatic carbocycles. The van der Waals surface area contributed by atoms with Crippen molar-refractivity contribution >= 4 is 5.97 Å². The fraction of sp³-hybridized carbons (Fsp3) is 0.0769. The maximum absolute atomic E-state index is 11.0. The van der Waals surface area contributed by atoms with Crippen LogP contribution >= 0.6 is 0 Å². The van der Waals surface area contributed by atoms with E-state index in [0.29, 0.717) is 11.3 Å². The number of rotatable bonds is 3. The number of carbonyl (C=O) groups is 1. The Labute approximate surface area is 98.5 Å². The second kappa shape index (κ2) is 4.65. The summed E-state index contributed by atoms with van der Waals surface area (Å²) in [6.07, 6.45) is 2.88. The van der Waals surface area contributed by atoms with Crippen LogP contribution in [-0.4, -0.2) is 23.2 Å². The van der Waals surface area contributed by atoms with E-state index in [-0.39, 0.29) is 5.56 Å². The van der Waals surface area contributed by atoms with Gasteiger partial charge in [0.05, 0.1) is 7.11 Å². The van der Waals surface area contributed by atoms with Crippen LogP contribution in [-0.2, 0) is 0 Å². The molecule has 0 amide bonds. The van der Waals surface area contributed by atoms with Crippen molar-refractivity contribution in [1.29, 1.82) is 0 Å². The largest absolute Gasteiger partial charge is 0.495 e. The highest BCUT2D eigenvalue weighted by atomic mass is 16.5. The molecule has 2 rings (SSSR count). The normalized spacial score (nSPS) is 9.94. The van der Waals surface area contributed by atoms with Gasteiger partial charge in [0.25, 0.3) is 0 Å². The van der Waals surface area contributed by atoms with Gasteiger partial charge in [0.15, 0.2) is 0 Å². The first kappa shape index (κ1) is 11.1. The van der Waals surface area contributed by atoms with Crippen LogP contribution in [0.4, 0.5) is 0 Å². The number of carboxylic acid groups (broad SMARTS) is 1. The van der Waals surface area contributed by atoms with Crippen molar-refractivity contribution in [2.75, 3.05) is 7.11 Å². The third kappa shape index (κ3) is 2.10. The van der Waals surface area contributed by atoms with Crippen LogP contribution in [0.2, 0.25) is 0 Å². The van der Waals surface area contributed by atoms with E-state index < -0.39 is 5.97 Å². The van der Waals surface area contributed by atoms with Gasteiger partial charge in [-0.2, -0.15) is 0 Å². The average Bonchev–Trinajstić information content (AvgIpc) is 2.38. The summed E-state index contributed by atoms with van der Waals surface area (Å²) < 4.78 is 5.17. The summed E-state index contributed by atoms with van der Waals surface area (Å²) >= 11 is 0. The molecule has 0 fully saturated rings. The van der Waals surface area contributed by atoms with Crippen molar-refractivity contribution in [3.8, 4) is 16.9 Å². The van der Waals surface area contributed by atoms with Gasteiger partial charge in [0.2, 0.25) is 0 Å². The lowest BCUT2D eigenvalue weighted by Gasteiger charge is -2.10. The number of aromatic carboxylic acids is 1. The Hall–Kier alpha value is -2.36. The number of hydrogen-bond donors (Lipinski definition) is 1. The van der Waals surface area contributed by atoms with Gasteiger partial charge in [-0.05, 0) is 5.56 Å². The van der Waals surface area contributed by atoms with Gasteiger partial charge in [0.1, 0.15) is 11.3 Å². The third-order valence-electron chi connectivity index (χ3n) is 2.42. The zero-order valence-corrected chi connectivity index (χ0v) is 9.25. The standard InChI is InChI=1S/C13H11NO3/c1-17-12-10(9-5-3-2-4-6-9)7-14-8-11(12)13(15)16/h2-8H,1H3,(H,15,16). The number of methoxy groups -OCH3 is 1. The predicted octanol–water partition coefficient (Wildman–Crippen LogP) is 2.46. The molecule has 2 aromatic rings. The third-order valence-corrected chi connectivity index (χ3v) is 2.42. The molecule has 0 saturated heterocycles. The van der Waals surface area contributed by atoms with Crippen LogP contribution in [0, 0.1) is 0 Å². The lowest BCUT2D eigenvalue weighted by molar-refractivity contribution is 0.0693. The predicted molar refractivity (Wildman–Crippen MR) is 63.2 cm³/mol. The zero-order valence-electron chi connectivity index (χ0n) is 9.25. The first-order chi connectivity index (χ1) is 8.24. The molecule has 0 spiro atoms. The van der Waals surface area contributed by atoms with Crippen LogP contribution in [0.15, 0.2) is 42.7 Å². The van der Waals surface area contributed by atoms with Crippen LogP contribution < -0.4 is 4.74 Å². The Morgan fingerprint density at radius 1 is 1.24 bits per heavy atom. The van der Waals surface area contributed by atoms with E-state index in [1.807, 2.05) is 30.3 Å². The van der Waals surface area contributed by atoms with E-state index in [1.165, 1.54) is 13.3 Å². The van der Waals surface area contributed by atoms with Crippen LogP contribution in [0.5, 0.6) is 5.75 Å². The minimum absolute atomic E-state index is 0.0638. The second-order valence-electron chi connectivity index (χ2n) is 3.44. The average molecular weight is 229 g/mol. The number of pyridine rings is 1.